The Bertz CT molecular complexity index is 888. The van der Waals surface area contributed by atoms with E-state index in [2.05, 4.69) is 20.3 Å². The minimum absolute atomic E-state index is 0. The van der Waals surface area contributed by atoms with Gasteiger partial charge in [-0.15, -0.1) is 0 Å². The van der Waals surface area contributed by atoms with E-state index in [-0.39, 0.29) is 62.5 Å². The van der Waals surface area contributed by atoms with Crippen LogP contribution in [0.5, 0.6) is 0 Å². The molecule has 0 aliphatic rings. The number of nitrogens with one attached hydrogen (secondary N) is 2. The Hall–Kier alpha value is -1.52. The van der Waals surface area contributed by atoms with E-state index >= 15 is 0 Å². The normalized spacial score (nSPS) is 10.3. The number of hydrogen-bond donors (Lipinski definition) is 2. The first-order valence-corrected chi connectivity index (χ1v) is 7.09. The van der Waals surface area contributed by atoms with E-state index in [0.29, 0.717) is 24.3 Å². The second-order valence-electron chi connectivity index (χ2n) is 4.99. The molecule has 24 heavy (non-hydrogen) atoms. The first-order valence-electron chi connectivity index (χ1n) is 7.09. The van der Waals surface area contributed by atoms with Crippen molar-refractivity contribution < 1.29 is 61.3 Å². The van der Waals surface area contributed by atoms with Gasteiger partial charge in [0.05, 0.1) is 18.6 Å². The summed E-state index contributed by atoms with van der Waals surface area (Å²) in [6, 6.07) is 6.39. The molecule has 1 aromatic carbocycles. The third-order valence-electron chi connectivity index (χ3n) is 3.45. The maximum Gasteiger partial charge on any atom is 1.00 e. The van der Waals surface area contributed by atoms with Crippen LogP contribution in [0.25, 0.3) is 11.2 Å². The molecular weight excluding hydrogens is 337 g/mol. The van der Waals surface area contributed by atoms with E-state index in [9.17, 15) is 14.7 Å². The Morgan fingerprint density at radius 2 is 2.00 bits per heavy atom. The summed E-state index contributed by atoms with van der Waals surface area (Å²) in [5.41, 5.74) is 1.63. The Morgan fingerprint density at radius 1 is 1.25 bits per heavy atom. The number of rotatable bonds is 6. The number of carboxylic acids is 1. The van der Waals surface area contributed by atoms with Gasteiger partial charge in [-0.2, -0.15) is 4.98 Å². The van der Waals surface area contributed by atoms with Crippen molar-refractivity contribution in [3.05, 3.63) is 52.8 Å². The Kier molecular flexibility index (Phi) is 6.69. The first kappa shape index (κ1) is 18.8. The van der Waals surface area contributed by atoms with Crippen LogP contribution in [0.2, 0.25) is 0 Å². The van der Waals surface area contributed by atoms with Crippen molar-refractivity contribution in [3.63, 3.8) is 0 Å². The van der Waals surface area contributed by atoms with E-state index in [1.165, 1.54) is 18.5 Å². The third kappa shape index (κ3) is 4.31. The molecule has 3 rings (SSSR count). The van der Waals surface area contributed by atoms with Crippen LogP contribution in [-0.2, 0) is 6.54 Å². The molecule has 2 aromatic heterocycles. The van der Waals surface area contributed by atoms with Gasteiger partial charge in [-0.05, 0) is 24.1 Å². The molecule has 0 saturated heterocycles. The van der Waals surface area contributed by atoms with Crippen molar-refractivity contribution in [2.75, 3.05) is 11.9 Å². The summed E-state index contributed by atoms with van der Waals surface area (Å²) in [6.45, 7) is 1.38. The van der Waals surface area contributed by atoms with Gasteiger partial charge in [-0.3, -0.25) is 4.79 Å². The smallest absolute Gasteiger partial charge is 0.545 e. The van der Waals surface area contributed by atoms with Gasteiger partial charge >= 0.3 is 56.9 Å². The molecule has 0 aliphatic heterocycles. The second kappa shape index (κ2) is 8.54. The fourth-order valence-corrected chi connectivity index (χ4v) is 2.28. The average Bonchev–Trinajstić information content (AvgIpc) is 2.97. The van der Waals surface area contributed by atoms with Crippen LogP contribution in [0.4, 0.5) is 5.69 Å². The zero-order valence-corrected chi connectivity index (χ0v) is 16.3. The summed E-state index contributed by atoms with van der Waals surface area (Å²) in [5.74, 6) is -1.19. The number of aromatic amines is 1. The molecule has 0 unspecified atom stereocenters. The third-order valence-corrected chi connectivity index (χ3v) is 3.45. The number of imidazole rings is 1. The summed E-state index contributed by atoms with van der Waals surface area (Å²) < 4.78 is 1.86. The van der Waals surface area contributed by atoms with Crippen LogP contribution in [0.3, 0.4) is 0 Å². The minimum atomic E-state index is -1.19. The van der Waals surface area contributed by atoms with Crippen LogP contribution < -0.4 is 67.4 Å². The standard InChI is InChI=1S/C15H15N5O3.K/c21-14-12-13(17-8-18-14)20(9-19-12)7-1-6-16-11-4-2-10(3-5-11)15(22)23;/h2-5,8-9,16H,1,6-7H2,(H,22,23)(H,17,18,21);/q;+1/p-1. The molecule has 0 aliphatic carbocycles. The molecular formula is C15H14KN5O3. The number of H-pyrrole nitrogens is 1. The minimum Gasteiger partial charge on any atom is -0.545 e. The van der Waals surface area contributed by atoms with E-state index in [1.54, 1.807) is 18.5 Å². The number of carboxylic acid groups (broad SMARTS) is 1. The van der Waals surface area contributed by atoms with Gasteiger partial charge in [0.25, 0.3) is 0 Å². The molecule has 0 amide bonds. The largest absolute Gasteiger partial charge is 1.00 e. The number of aromatic carboxylic acids is 1. The van der Waals surface area contributed by atoms with Gasteiger partial charge in [0.2, 0.25) is 0 Å². The molecule has 0 atom stereocenters. The van der Waals surface area contributed by atoms with Crippen molar-refractivity contribution in [2.45, 2.75) is 13.0 Å². The van der Waals surface area contributed by atoms with Crippen LogP contribution >= 0.6 is 0 Å². The Morgan fingerprint density at radius 3 is 2.71 bits per heavy atom. The molecule has 9 heteroatoms. The first-order chi connectivity index (χ1) is 11.1. The summed E-state index contributed by atoms with van der Waals surface area (Å²) in [4.78, 5) is 32.8. The fraction of sp³-hybridized carbons (Fsp3) is 0.200. The molecule has 0 bridgehead atoms. The van der Waals surface area contributed by atoms with Gasteiger partial charge in [-0.25, -0.2) is 4.98 Å². The molecule has 2 heterocycles. The van der Waals surface area contributed by atoms with Gasteiger partial charge in [0, 0.05) is 18.8 Å². The van der Waals surface area contributed by atoms with E-state index in [0.717, 1.165) is 12.1 Å². The molecule has 0 spiro atoms. The van der Waals surface area contributed by atoms with Crippen molar-refractivity contribution >= 4 is 22.8 Å². The summed E-state index contributed by atoms with van der Waals surface area (Å²) >= 11 is 0. The number of fused-ring (bicyclic) bond motifs is 1. The number of carbonyl (C=O) groups is 1. The van der Waals surface area contributed by atoms with Gasteiger partial charge in [-0.1, -0.05) is 12.1 Å². The maximum atomic E-state index is 11.5. The molecule has 0 fully saturated rings. The molecule has 8 nitrogen and oxygen atoms in total. The van der Waals surface area contributed by atoms with E-state index in [4.69, 9.17) is 0 Å². The number of aryl methyl sites for hydroxylation is 1. The number of carbonyl (C=O) groups excluding carboxylic acids is 1. The van der Waals surface area contributed by atoms with Crippen LogP contribution in [-0.4, -0.2) is 32.0 Å². The summed E-state index contributed by atoms with van der Waals surface area (Å²) in [7, 11) is 0. The molecule has 0 radical (unpaired) electrons. The predicted molar refractivity (Wildman–Crippen MR) is 82.0 cm³/mol. The number of aromatic nitrogens is 4. The molecule has 3 aromatic rings. The van der Waals surface area contributed by atoms with Gasteiger partial charge in [0.15, 0.2) is 5.52 Å². The van der Waals surface area contributed by atoms with E-state index < -0.39 is 5.97 Å². The second-order valence-corrected chi connectivity index (χ2v) is 4.99. The fourth-order valence-electron chi connectivity index (χ4n) is 2.28. The monoisotopic (exact) mass is 351 g/mol. The van der Waals surface area contributed by atoms with Gasteiger partial charge in [0.1, 0.15) is 5.65 Å². The predicted octanol–water partition coefficient (Wildman–Crippen LogP) is -3.01. The topological polar surface area (TPSA) is 116 Å². The number of hydrogen-bond acceptors (Lipinski definition) is 6. The molecule has 118 valence electrons. The molecule has 2 N–H and O–H groups in total. The zero-order chi connectivity index (χ0) is 16.2. The van der Waals surface area contributed by atoms with Crippen LogP contribution in [0.1, 0.15) is 16.8 Å². The quantitative estimate of drug-likeness (QED) is 0.361. The van der Waals surface area contributed by atoms with Crippen molar-refractivity contribution in [3.8, 4) is 0 Å². The van der Waals surface area contributed by atoms with Gasteiger partial charge < -0.3 is 24.8 Å². The SMILES string of the molecule is O=C([O-])c1ccc(NCCCn2cnc3c(=O)nc[nH]c32)cc1.[K+]. The van der Waals surface area contributed by atoms with Crippen LogP contribution in [0, 0.1) is 0 Å². The average molecular weight is 351 g/mol. The van der Waals surface area contributed by atoms with E-state index in [1.807, 2.05) is 4.57 Å². The van der Waals surface area contributed by atoms with Crippen molar-refractivity contribution in [1.29, 1.82) is 0 Å². The zero-order valence-electron chi connectivity index (χ0n) is 13.2. The maximum absolute atomic E-state index is 11.5. The molecule has 0 saturated carbocycles. The van der Waals surface area contributed by atoms with Crippen molar-refractivity contribution in [1.82, 2.24) is 19.5 Å². The van der Waals surface area contributed by atoms with Crippen molar-refractivity contribution in [2.24, 2.45) is 0 Å². The summed E-state index contributed by atoms with van der Waals surface area (Å²) in [5, 5.41) is 13.9. The Balaban J connectivity index is 0.00000208. The number of anilines is 1. The summed E-state index contributed by atoms with van der Waals surface area (Å²) in [6.07, 6.45) is 3.77. The number of nitrogens with zero attached hydrogens (tertiary/aromatic N) is 3. The van der Waals surface area contributed by atoms with Crippen LogP contribution in [0.15, 0.2) is 41.7 Å². The number of benzene rings is 1. The Labute approximate surface area is 179 Å².